The number of rotatable bonds is 6. The highest BCUT2D eigenvalue weighted by molar-refractivity contribution is 5.76. The molecule has 17 heavy (non-hydrogen) atoms. The summed E-state index contributed by atoms with van der Waals surface area (Å²) in [4.78, 5) is 11.5. The molecule has 0 bridgehead atoms. The molecule has 1 amide bonds. The molecule has 0 saturated carbocycles. The van der Waals surface area contributed by atoms with Gasteiger partial charge in [0.2, 0.25) is 5.91 Å². The van der Waals surface area contributed by atoms with E-state index < -0.39 is 0 Å². The van der Waals surface area contributed by atoms with Crippen molar-refractivity contribution >= 4 is 5.91 Å². The first-order chi connectivity index (χ1) is 8.17. The van der Waals surface area contributed by atoms with Gasteiger partial charge in [-0.05, 0) is 23.5 Å². The molecule has 3 nitrogen and oxygen atoms in total. The normalized spacial score (nSPS) is 12.2. The summed E-state index contributed by atoms with van der Waals surface area (Å²) in [6, 6.07) is 8.48. The molecule has 0 saturated heterocycles. The van der Waals surface area contributed by atoms with Gasteiger partial charge in [-0.15, -0.1) is 0 Å². The largest absolute Gasteiger partial charge is 0.355 e. The van der Waals surface area contributed by atoms with Gasteiger partial charge in [-0.1, -0.05) is 38.1 Å². The van der Waals surface area contributed by atoms with Crippen LogP contribution >= 0.6 is 0 Å². The van der Waals surface area contributed by atoms with Crippen molar-refractivity contribution in [3.63, 3.8) is 0 Å². The minimum absolute atomic E-state index is 0.0718. The Bertz CT molecular complexity index is 346. The van der Waals surface area contributed by atoms with Crippen molar-refractivity contribution in [2.45, 2.75) is 32.6 Å². The third-order valence-electron chi connectivity index (χ3n) is 2.92. The fourth-order valence-electron chi connectivity index (χ4n) is 1.76. The highest BCUT2D eigenvalue weighted by Crippen LogP contribution is 2.19. The Morgan fingerprint density at radius 2 is 2.00 bits per heavy atom. The maximum absolute atomic E-state index is 11.5. The lowest BCUT2D eigenvalue weighted by atomic mass is 9.96. The zero-order valence-corrected chi connectivity index (χ0v) is 10.7. The van der Waals surface area contributed by atoms with Crippen LogP contribution in [-0.2, 0) is 11.2 Å². The van der Waals surface area contributed by atoms with Crippen LogP contribution in [0.4, 0.5) is 0 Å². The van der Waals surface area contributed by atoms with Crippen molar-refractivity contribution in [3.8, 4) is 0 Å². The molecule has 3 heteroatoms. The SMILES string of the molecule is CCc1ccc(C(C)CC(=O)NCCN)cc1. The van der Waals surface area contributed by atoms with Crippen molar-refractivity contribution in [3.05, 3.63) is 35.4 Å². The molecule has 1 rings (SSSR count). The van der Waals surface area contributed by atoms with Crippen LogP contribution in [0.2, 0.25) is 0 Å². The summed E-state index contributed by atoms with van der Waals surface area (Å²) in [7, 11) is 0. The van der Waals surface area contributed by atoms with E-state index in [1.165, 1.54) is 11.1 Å². The van der Waals surface area contributed by atoms with Crippen LogP contribution in [0.15, 0.2) is 24.3 Å². The van der Waals surface area contributed by atoms with Gasteiger partial charge in [-0.2, -0.15) is 0 Å². The zero-order valence-electron chi connectivity index (χ0n) is 10.7. The smallest absolute Gasteiger partial charge is 0.220 e. The van der Waals surface area contributed by atoms with Crippen LogP contribution in [0.25, 0.3) is 0 Å². The lowest BCUT2D eigenvalue weighted by Crippen LogP contribution is -2.29. The number of amides is 1. The summed E-state index contributed by atoms with van der Waals surface area (Å²) in [5.41, 5.74) is 7.88. The fourth-order valence-corrected chi connectivity index (χ4v) is 1.76. The molecule has 0 aliphatic rings. The number of aryl methyl sites for hydroxylation is 1. The van der Waals surface area contributed by atoms with Crippen LogP contribution in [0.5, 0.6) is 0 Å². The van der Waals surface area contributed by atoms with Gasteiger partial charge in [0.25, 0.3) is 0 Å². The Labute approximate surface area is 103 Å². The molecule has 0 fully saturated rings. The van der Waals surface area contributed by atoms with Crippen LogP contribution in [0.1, 0.15) is 37.3 Å². The maximum Gasteiger partial charge on any atom is 0.220 e. The summed E-state index contributed by atoms with van der Waals surface area (Å²) >= 11 is 0. The molecule has 94 valence electrons. The van der Waals surface area contributed by atoms with Crippen LogP contribution in [-0.4, -0.2) is 19.0 Å². The number of carbonyl (C=O) groups excluding carboxylic acids is 1. The van der Waals surface area contributed by atoms with Gasteiger partial charge in [0.1, 0.15) is 0 Å². The summed E-state index contributed by atoms with van der Waals surface area (Å²) < 4.78 is 0. The predicted octanol–water partition coefficient (Wildman–Crippen LogP) is 1.82. The van der Waals surface area contributed by atoms with E-state index in [9.17, 15) is 4.79 Å². The minimum Gasteiger partial charge on any atom is -0.355 e. The Morgan fingerprint density at radius 3 is 2.53 bits per heavy atom. The van der Waals surface area contributed by atoms with Gasteiger partial charge in [-0.25, -0.2) is 0 Å². The number of nitrogens with two attached hydrogens (primary N) is 1. The summed E-state index contributed by atoms with van der Waals surface area (Å²) in [6.45, 7) is 5.26. The van der Waals surface area contributed by atoms with Crippen molar-refractivity contribution in [1.29, 1.82) is 0 Å². The van der Waals surface area contributed by atoms with Gasteiger partial charge < -0.3 is 11.1 Å². The van der Waals surface area contributed by atoms with E-state index in [1.807, 2.05) is 0 Å². The van der Waals surface area contributed by atoms with Gasteiger partial charge in [-0.3, -0.25) is 4.79 Å². The number of benzene rings is 1. The van der Waals surface area contributed by atoms with Crippen molar-refractivity contribution in [2.75, 3.05) is 13.1 Å². The maximum atomic E-state index is 11.5. The molecule has 0 aliphatic heterocycles. The van der Waals surface area contributed by atoms with Gasteiger partial charge in [0.15, 0.2) is 0 Å². The number of nitrogens with one attached hydrogen (secondary N) is 1. The summed E-state index contributed by atoms with van der Waals surface area (Å²) in [5.74, 6) is 0.321. The highest BCUT2D eigenvalue weighted by atomic mass is 16.1. The lowest BCUT2D eigenvalue weighted by molar-refractivity contribution is -0.121. The zero-order chi connectivity index (χ0) is 12.7. The second kappa shape index (κ2) is 7.07. The highest BCUT2D eigenvalue weighted by Gasteiger charge is 2.10. The first-order valence-electron chi connectivity index (χ1n) is 6.23. The van der Waals surface area contributed by atoms with Gasteiger partial charge >= 0.3 is 0 Å². The van der Waals surface area contributed by atoms with Crippen molar-refractivity contribution < 1.29 is 4.79 Å². The Kier molecular flexibility index (Phi) is 5.70. The Hall–Kier alpha value is -1.35. The fraction of sp³-hybridized carbons (Fsp3) is 0.500. The van der Waals surface area contributed by atoms with E-state index in [4.69, 9.17) is 5.73 Å². The Morgan fingerprint density at radius 1 is 1.35 bits per heavy atom. The molecule has 3 N–H and O–H groups in total. The minimum atomic E-state index is 0.0718. The third kappa shape index (κ3) is 4.57. The average Bonchev–Trinajstić information content (AvgIpc) is 2.36. The molecule has 0 radical (unpaired) electrons. The van der Waals surface area contributed by atoms with E-state index in [0.29, 0.717) is 19.5 Å². The summed E-state index contributed by atoms with van der Waals surface area (Å²) in [6.07, 6.45) is 1.57. The number of hydrogen-bond donors (Lipinski definition) is 2. The van der Waals surface area contributed by atoms with E-state index in [1.54, 1.807) is 0 Å². The second-order valence-corrected chi connectivity index (χ2v) is 4.34. The molecule has 1 aromatic rings. The monoisotopic (exact) mass is 234 g/mol. The van der Waals surface area contributed by atoms with Gasteiger partial charge in [0.05, 0.1) is 0 Å². The molecule has 0 aliphatic carbocycles. The first-order valence-corrected chi connectivity index (χ1v) is 6.23. The standard InChI is InChI=1S/C14H22N2O/c1-3-12-4-6-13(7-5-12)11(2)10-14(17)16-9-8-15/h4-7,11H,3,8-10,15H2,1-2H3,(H,16,17). The molecule has 0 spiro atoms. The molecule has 1 aromatic carbocycles. The van der Waals surface area contributed by atoms with Crippen LogP contribution < -0.4 is 11.1 Å². The number of hydrogen-bond acceptors (Lipinski definition) is 2. The van der Waals surface area contributed by atoms with Crippen molar-refractivity contribution in [1.82, 2.24) is 5.32 Å². The van der Waals surface area contributed by atoms with E-state index in [2.05, 4.69) is 43.4 Å². The third-order valence-corrected chi connectivity index (χ3v) is 2.92. The van der Waals surface area contributed by atoms with Crippen LogP contribution in [0, 0.1) is 0 Å². The molecular weight excluding hydrogens is 212 g/mol. The molecule has 0 aromatic heterocycles. The second-order valence-electron chi connectivity index (χ2n) is 4.34. The number of carbonyl (C=O) groups is 1. The summed E-state index contributed by atoms with van der Waals surface area (Å²) in [5, 5.41) is 2.79. The molecular formula is C14H22N2O. The average molecular weight is 234 g/mol. The van der Waals surface area contributed by atoms with Gasteiger partial charge in [0, 0.05) is 19.5 Å². The Balaban J connectivity index is 2.51. The first kappa shape index (κ1) is 13.7. The van der Waals surface area contributed by atoms with Crippen molar-refractivity contribution in [2.24, 2.45) is 5.73 Å². The predicted molar refractivity (Wildman–Crippen MR) is 70.9 cm³/mol. The van der Waals surface area contributed by atoms with Crippen LogP contribution in [0.3, 0.4) is 0 Å². The van der Waals surface area contributed by atoms with E-state index in [0.717, 1.165) is 6.42 Å². The molecule has 1 unspecified atom stereocenters. The lowest BCUT2D eigenvalue weighted by Gasteiger charge is -2.12. The molecule has 1 atom stereocenters. The van der Waals surface area contributed by atoms with E-state index >= 15 is 0 Å². The quantitative estimate of drug-likeness (QED) is 0.789. The topological polar surface area (TPSA) is 55.1 Å². The molecule has 0 heterocycles. The van der Waals surface area contributed by atoms with E-state index in [-0.39, 0.29) is 11.8 Å².